The number of hydrogen-bond acceptors (Lipinski definition) is 3. The Labute approximate surface area is 134 Å². The summed E-state index contributed by atoms with van der Waals surface area (Å²) >= 11 is 0. The number of esters is 1. The van der Waals surface area contributed by atoms with Crippen molar-refractivity contribution in [1.82, 2.24) is 5.32 Å². The third-order valence-electron chi connectivity index (χ3n) is 4.66. The van der Waals surface area contributed by atoms with Gasteiger partial charge in [0.1, 0.15) is 0 Å². The first kappa shape index (κ1) is 18.3. The molecule has 1 N–H and O–H groups in total. The lowest BCUT2D eigenvalue weighted by Gasteiger charge is -2.36. The molecular formula is C19H27NO2. The van der Waals surface area contributed by atoms with Gasteiger partial charge in [-0.05, 0) is 37.0 Å². The fourth-order valence-electron chi connectivity index (χ4n) is 3.69. The molecule has 2 fully saturated rings. The van der Waals surface area contributed by atoms with Crippen LogP contribution in [0.25, 0.3) is 0 Å². The van der Waals surface area contributed by atoms with Crippen LogP contribution >= 0.6 is 0 Å². The smallest absolute Gasteiger partial charge is 0.310 e. The number of rotatable bonds is 2. The lowest BCUT2D eigenvalue weighted by molar-refractivity contribution is -0.148. The Bertz CT molecular complexity index is 544. The summed E-state index contributed by atoms with van der Waals surface area (Å²) in [5.74, 6) is 2.67. The lowest BCUT2D eigenvalue weighted by atomic mass is 9.77. The molecule has 3 heteroatoms. The zero-order valence-electron chi connectivity index (χ0n) is 11.6. The molecule has 2 aliphatic rings. The number of nitrogens with one attached hydrogen (secondary N) is 1. The van der Waals surface area contributed by atoms with Crippen LogP contribution in [0, 0.1) is 18.3 Å². The number of hydrogen-bond donors (Lipinski definition) is 1. The Hall–Kier alpha value is -1.79. The second kappa shape index (κ2) is 7.47. The first-order valence-corrected chi connectivity index (χ1v) is 7.13. The highest BCUT2D eigenvalue weighted by atomic mass is 16.5. The van der Waals surface area contributed by atoms with E-state index < -0.39 is 0 Å². The molecule has 2 heterocycles. The first-order chi connectivity index (χ1) is 9.72. The number of methoxy groups -OCH3 is 1. The molecule has 0 radical (unpaired) electrons. The van der Waals surface area contributed by atoms with Crippen LogP contribution in [0.3, 0.4) is 0 Å². The fourth-order valence-corrected chi connectivity index (χ4v) is 3.69. The van der Waals surface area contributed by atoms with E-state index in [1.54, 1.807) is 0 Å². The number of benzene rings is 1. The second-order valence-corrected chi connectivity index (χ2v) is 5.70. The molecule has 0 aromatic heterocycles. The fraction of sp³-hybridized carbons (Fsp3) is 0.526. The summed E-state index contributed by atoms with van der Waals surface area (Å²) in [6.45, 7) is 0. The molecule has 120 valence electrons. The van der Waals surface area contributed by atoms with Crippen LogP contribution in [0.5, 0.6) is 0 Å². The van der Waals surface area contributed by atoms with Crippen molar-refractivity contribution in [2.45, 2.75) is 52.1 Å². The van der Waals surface area contributed by atoms with Crippen molar-refractivity contribution in [3.63, 3.8) is 0 Å². The Morgan fingerprint density at radius 3 is 2.55 bits per heavy atom. The zero-order valence-corrected chi connectivity index (χ0v) is 11.6. The van der Waals surface area contributed by atoms with E-state index >= 15 is 0 Å². The van der Waals surface area contributed by atoms with Crippen molar-refractivity contribution in [3.05, 3.63) is 35.4 Å². The van der Waals surface area contributed by atoms with E-state index in [4.69, 9.17) is 11.2 Å². The summed E-state index contributed by atoms with van der Waals surface area (Å²) in [5.41, 5.74) is 2.07. The SMILES string of the molecule is C.C.C#Cc1ccc([C@H]2C[C@H]3CCC(N3)C2C(=O)OC)cc1. The van der Waals surface area contributed by atoms with E-state index in [0.717, 1.165) is 24.8 Å². The standard InChI is InChI=1S/C17H19NO2.2CH4/c1-3-11-4-6-12(7-5-11)14-10-13-8-9-15(18-13)16(14)17(19)20-2;;/h1,4-7,13-16,18H,8-10H2,2H3;2*1H4/t13-,14-,15?,16?;;/m1../s1. The van der Waals surface area contributed by atoms with Gasteiger partial charge in [-0.1, -0.05) is 32.9 Å². The summed E-state index contributed by atoms with van der Waals surface area (Å²) in [5, 5.41) is 3.54. The van der Waals surface area contributed by atoms with Gasteiger partial charge in [0.15, 0.2) is 0 Å². The summed E-state index contributed by atoms with van der Waals surface area (Å²) in [4.78, 5) is 12.2. The summed E-state index contributed by atoms with van der Waals surface area (Å²) in [6.07, 6.45) is 8.60. The minimum Gasteiger partial charge on any atom is -0.469 e. The number of ether oxygens (including phenoxy) is 1. The Kier molecular flexibility index (Phi) is 6.20. The molecule has 2 unspecified atom stereocenters. The summed E-state index contributed by atoms with van der Waals surface area (Å²) in [6, 6.07) is 8.79. The molecule has 0 aliphatic carbocycles. The van der Waals surface area contributed by atoms with E-state index in [-0.39, 0.29) is 38.7 Å². The molecule has 2 aliphatic heterocycles. The van der Waals surface area contributed by atoms with Crippen LogP contribution < -0.4 is 5.32 Å². The highest BCUT2D eigenvalue weighted by Crippen LogP contribution is 2.42. The Morgan fingerprint density at radius 1 is 1.27 bits per heavy atom. The van der Waals surface area contributed by atoms with Crippen molar-refractivity contribution in [3.8, 4) is 12.3 Å². The molecule has 3 rings (SSSR count). The molecule has 0 saturated carbocycles. The molecule has 0 spiro atoms. The molecule has 22 heavy (non-hydrogen) atoms. The maximum Gasteiger partial charge on any atom is 0.310 e. The van der Waals surface area contributed by atoms with Gasteiger partial charge in [0.05, 0.1) is 13.0 Å². The number of carbonyl (C=O) groups is 1. The zero-order chi connectivity index (χ0) is 14.1. The van der Waals surface area contributed by atoms with E-state index in [1.807, 2.05) is 12.1 Å². The van der Waals surface area contributed by atoms with Gasteiger partial charge in [0, 0.05) is 23.6 Å². The van der Waals surface area contributed by atoms with E-state index in [0.29, 0.717) is 6.04 Å². The van der Waals surface area contributed by atoms with Gasteiger partial charge < -0.3 is 10.1 Å². The lowest BCUT2D eigenvalue weighted by Crippen LogP contribution is -2.48. The van der Waals surface area contributed by atoms with Gasteiger partial charge in [0.25, 0.3) is 0 Å². The third-order valence-corrected chi connectivity index (χ3v) is 4.66. The quantitative estimate of drug-likeness (QED) is 0.672. The maximum absolute atomic E-state index is 12.2. The third kappa shape index (κ3) is 3.18. The monoisotopic (exact) mass is 301 g/mol. The normalized spacial score (nSPS) is 28.7. The maximum atomic E-state index is 12.2. The minimum absolute atomic E-state index is 0. The van der Waals surface area contributed by atoms with Crippen molar-refractivity contribution in [2.75, 3.05) is 7.11 Å². The predicted octanol–water partition coefficient (Wildman–Crippen LogP) is 3.34. The number of piperidine rings is 1. The molecule has 4 atom stereocenters. The highest BCUT2D eigenvalue weighted by molar-refractivity contribution is 5.75. The van der Waals surface area contributed by atoms with Crippen LogP contribution in [-0.2, 0) is 9.53 Å². The van der Waals surface area contributed by atoms with Gasteiger partial charge in [0.2, 0.25) is 0 Å². The Morgan fingerprint density at radius 2 is 1.95 bits per heavy atom. The van der Waals surface area contributed by atoms with Crippen molar-refractivity contribution >= 4 is 5.97 Å². The van der Waals surface area contributed by atoms with Crippen LogP contribution in [0.1, 0.15) is 51.2 Å². The van der Waals surface area contributed by atoms with Crippen molar-refractivity contribution in [1.29, 1.82) is 0 Å². The molecular weight excluding hydrogens is 274 g/mol. The van der Waals surface area contributed by atoms with Crippen LogP contribution in [0.4, 0.5) is 0 Å². The van der Waals surface area contributed by atoms with Gasteiger partial charge in [-0.25, -0.2) is 0 Å². The molecule has 0 amide bonds. The molecule has 2 saturated heterocycles. The minimum atomic E-state index is -0.103. The van der Waals surface area contributed by atoms with Crippen LogP contribution in [0.15, 0.2) is 24.3 Å². The molecule has 1 aromatic rings. The van der Waals surface area contributed by atoms with E-state index in [2.05, 4.69) is 23.4 Å². The van der Waals surface area contributed by atoms with Gasteiger partial charge in [-0.2, -0.15) is 0 Å². The molecule has 3 nitrogen and oxygen atoms in total. The highest BCUT2D eigenvalue weighted by Gasteiger charge is 2.46. The Balaban J connectivity index is 0.00000121. The van der Waals surface area contributed by atoms with E-state index in [1.165, 1.54) is 12.7 Å². The topological polar surface area (TPSA) is 38.3 Å². The number of fused-ring (bicyclic) bond motifs is 2. The predicted molar refractivity (Wildman–Crippen MR) is 90.6 cm³/mol. The number of carbonyl (C=O) groups excluding carboxylic acids is 1. The number of terminal acetylenes is 1. The van der Waals surface area contributed by atoms with Gasteiger partial charge in [-0.15, -0.1) is 6.42 Å². The molecule has 1 aromatic carbocycles. The van der Waals surface area contributed by atoms with Gasteiger partial charge in [-0.3, -0.25) is 4.79 Å². The summed E-state index contributed by atoms with van der Waals surface area (Å²) < 4.78 is 5.03. The van der Waals surface area contributed by atoms with Crippen molar-refractivity contribution < 1.29 is 9.53 Å². The summed E-state index contributed by atoms with van der Waals surface area (Å²) in [7, 11) is 1.47. The van der Waals surface area contributed by atoms with Crippen molar-refractivity contribution in [2.24, 2.45) is 5.92 Å². The van der Waals surface area contributed by atoms with Crippen LogP contribution in [0.2, 0.25) is 0 Å². The molecule has 2 bridgehead atoms. The first-order valence-electron chi connectivity index (χ1n) is 7.13. The van der Waals surface area contributed by atoms with Crippen LogP contribution in [-0.4, -0.2) is 25.2 Å². The second-order valence-electron chi connectivity index (χ2n) is 5.70. The largest absolute Gasteiger partial charge is 0.469 e. The average molecular weight is 301 g/mol. The average Bonchev–Trinajstić information content (AvgIpc) is 2.88. The van der Waals surface area contributed by atoms with E-state index in [9.17, 15) is 4.79 Å². The van der Waals surface area contributed by atoms with Gasteiger partial charge >= 0.3 is 5.97 Å².